The first-order chi connectivity index (χ1) is 10.2. The summed E-state index contributed by atoms with van der Waals surface area (Å²) >= 11 is 9.67. The highest BCUT2D eigenvalue weighted by atomic mass is 79.9. The van der Waals surface area contributed by atoms with Crippen LogP contribution >= 0.6 is 27.5 Å². The van der Waals surface area contributed by atoms with Gasteiger partial charge in [0.25, 0.3) is 0 Å². The molecule has 0 fully saturated rings. The van der Waals surface area contributed by atoms with E-state index in [1.807, 2.05) is 19.2 Å². The number of nitrogens with one attached hydrogen (secondary N) is 1. The number of rotatable bonds is 4. The zero-order chi connectivity index (χ0) is 14.8. The second-order valence-corrected chi connectivity index (χ2v) is 6.94. The van der Waals surface area contributed by atoms with Crippen molar-refractivity contribution in [3.8, 4) is 0 Å². The van der Waals surface area contributed by atoms with Crippen LogP contribution in [0.4, 0.5) is 0 Å². The predicted octanol–water partition coefficient (Wildman–Crippen LogP) is 5.09. The van der Waals surface area contributed by atoms with Gasteiger partial charge in [-0.3, -0.25) is 0 Å². The number of hydrogen-bond donors (Lipinski definition) is 1. The molecule has 0 radical (unpaired) electrons. The van der Waals surface area contributed by atoms with Gasteiger partial charge in [0.05, 0.1) is 5.02 Å². The van der Waals surface area contributed by atoms with E-state index in [1.54, 1.807) is 0 Å². The van der Waals surface area contributed by atoms with E-state index in [0.717, 1.165) is 15.9 Å². The highest BCUT2D eigenvalue weighted by molar-refractivity contribution is 9.10. The van der Waals surface area contributed by atoms with Gasteiger partial charge in [0, 0.05) is 10.5 Å². The first-order valence-corrected chi connectivity index (χ1v) is 8.57. The van der Waals surface area contributed by atoms with Crippen LogP contribution in [-0.4, -0.2) is 7.05 Å². The molecule has 1 atom stereocenters. The van der Waals surface area contributed by atoms with Crippen LogP contribution in [-0.2, 0) is 19.3 Å². The van der Waals surface area contributed by atoms with E-state index >= 15 is 0 Å². The molecule has 2 aromatic carbocycles. The van der Waals surface area contributed by atoms with Crippen molar-refractivity contribution in [2.45, 2.75) is 31.7 Å². The third kappa shape index (κ3) is 3.33. The van der Waals surface area contributed by atoms with E-state index < -0.39 is 0 Å². The number of hydrogen-bond acceptors (Lipinski definition) is 1. The van der Waals surface area contributed by atoms with Gasteiger partial charge in [-0.1, -0.05) is 35.9 Å². The lowest BCUT2D eigenvalue weighted by molar-refractivity contribution is 0.592. The molecule has 0 amide bonds. The summed E-state index contributed by atoms with van der Waals surface area (Å²) in [5, 5.41) is 4.17. The quantitative estimate of drug-likeness (QED) is 0.796. The molecule has 0 saturated carbocycles. The molecule has 2 aromatic rings. The minimum Gasteiger partial charge on any atom is -0.313 e. The fourth-order valence-electron chi connectivity index (χ4n) is 3.10. The molecular weight excluding hydrogens is 346 g/mol. The maximum atomic E-state index is 6.22. The highest BCUT2D eigenvalue weighted by Gasteiger charge is 2.15. The number of aryl methyl sites for hydroxylation is 2. The zero-order valence-corrected chi connectivity index (χ0v) is 14.5. The zero-order valence-electron chi connectivity index (χ0n) is 12.1. The summed E-state index contributed by atoms with van der Waals surface area (Å²) in [6.07, 6.45) is 4.77. The molecule has 1 aliphatic carbocycles. The lowest BCUT2D eigenvalue weighted by Gasteiger charge is -2.18. The van der Waals surface area contributed by atoms with Crippen molar-refractivity contribution in [1.29, 1.82) is 0 Å². The van der Waals surface area contributed by atoms with Crippen LogP contribution in [0.5, 0.6) is 0 Å². The second-order valence-electron chi connectivity index (χ2n) is 5.68. The summed E-state index contributed by atoms with van der Waals surface area (Å²) in [4.78, 5) is 0. The SMILES string of the molecule is CNC(Cc1ccc2c(c1)CCC2)c1ccc(Br)c(Cl)c1. The maximum Gasteiger partial charge on any atom is 0.0551 e. The molecule has 0 spiro atoms. The van der Waals surface area contributed by atoms with E-state index in [1.165, 1.54) is 41.5 Å². The van der Waals surface area contributed by atoms with Crippen LogP contribution in [0.2, 0.25) is 5.02 Å². The van der Waals surface area contributed by atoms with Gasteiger partial charge in [0.1, 0.15) is 0 Å². The van der Waals surface area contributed by atoms with E-state index in [2.05, 4.69) is 45.5 Å². The van der Waals surface area contributed by atoms with Gasteiger partial charge < -0.3 is 5.32 Å². The lowest BCUT2D eigenvalue weighted by atomic mass is 9.96. The van der Waals surface area contributed by atoms with Gasteiger partial charge >= 0.3 is 0 Å². The van der Waals surface area contributed by atoms with E-state index in [4.69, 9.17) is 11.6 Å². The molecule has 0 heterocycles. The van der Waals surface area contributed by atoms with Gasteiger partial charge in [-0.15, -0.1) is 0 Å². The van der Waals surface area contributed by atoms with Gasteiger partial charge in [-0.25, -0.2) is 0 Å². The highest BCUT2D eigenvalue weighted by Crippen LogP contribution is 2.29. The molecule has 1 aliphatic rings. The Labute approximate surface area is 139 Å². The molecule has 110 valence electrons. The largest absolute Gasteiger partial charge is 0.313 e. The molecule has 1 nitrogen and oxygen atoms in total. The first kappa shape index (κ1) is 15.1. The summed E-state index contributed by atoms with van der Waals surface area (Å²) in [7, 11) is 2.01. The Balaban J connectivity index is 1.82. The molecule has 1 unspecified atom stereocenters. The van der Waals surface area contributed by atoms with Crippen LogP contribution in [0.25, 0.3) is 0 Å². The second kappa shape index (κ2) is 6.51. The number of fused-ring (bicyclic) bond motifs is 1. The van der Waals surface area contributed by atoms with E-state index in [-0.39, 0.29) is 6.04 Å². The lowest BCUT2D eigenvalue weighted by Crippen LogP contribution is -2.19. The fraction of sp³-hybridized carbons (Fsp3) is 0.333. The van der Waals surface area contributed by atoms with E-state index in [9.17, 15) is 0 Å². The monoisotopic (exact) mass is 363 g/mol. The third-order valence-corrected chi connectivity index (χ3v) is 5.53. The van der Waals surface area contributed by atoms with Crippen molar-refractivity contribution >= 4 is 27.5 Å². The van der Waals surface area contributed by atoms with Crippen LogP contribution in [0.1, 0.15) is 34.7 Å². The van der Waals surface area contributed by atoms with Crippen LogP contribution < -0.4 is 5.32 Å². The standard InChI is InChI=1S/C18H19BrClN/c1-21-18(15-7-8-16(19)17(20)11-15)10-12-5-6-13-3-2-4-14(13)9-12/h5-9,11,18,21H,2-4,10H2,1H3. The Hall–Kier alpha value is -0.830. The molecule has 0 saturated heterocycles. The smallest absolute Gasteiger partial charge is 0.0551 e. The summed E-state index contributed by atoms with van der Waals surface area (Å²) in [5.74, 6) is 0. The van der Waals surface area contributed by atoms with Gasteiger partial charge in [-0.05, 0) is 83.0 Å². The summed E-state index contributed by atoms with van der Waals surface area (Å²) in [6.45, 7) is 0. The molecule has 0 aliphatic heterocycles. The molecular formula is C18H19BrClN. The van der Waals surface area contributed by atoms with Crippen LogP contribution in [0.15, 0.2) is 40.9 Å². The Kier molecular flexibility index (Phi) is 4.68. The van der Waals surface area contributed by atoms with E-state index in [0.29, 0.717) is 0 Å². The average molecular weight is 365 g/mol. The van der Waals surface area contributed by atoms with Crippen molar-refractivity contribution in [2.75, 3.05) is 7.05 Å². The van der Waals surface area contributed by atoms with Crippen molar-refractivity contribution in [3.05, 3.63) is 68.1 Å². The average Bonchev–Trinajstić information content (AvgIpc) is 2.95. The van der Waals surface area contributed by atoms with Crippen molar-refractivity contribution in [1.82, 2.24) is 5.32 Å². The Morgan fingerprint density at radius 3 is 2.71 bits per heavy atom. The summed E-state index contributed by atoms with van der Waals surface area (Å²) in [6, 6.07) is 13.4. The summed E-state index contributed by atoms with van der Waals surface area (Å²) < 4.78 is 0.945. The predicted molar refractivity (Wildman–Crippen MR) is 93.1 cm³/mol. The molecule has 3 heteroatoms. The number of likely N-dealkylation sites (N-methyl/N-ethyl adjacent to an activating group) is 1. The Morgan fingerprint density at radius 2 is 1.95 bits per heavy atom. The molecule has 21 heavy (non-hydrogen) atoms. The van der Waals surface area contributed by atoms with Crippen LogP contribution in [0, 0.1) is 0 Å². The van der Waals surface area contributed by atoms with Gasteiger partial charge in [0.2, 0.25) is 0 Å². The topological polar surface area (TPSA) is 12.0 Å². The Bertz CT molecular complexity index is 654. The van der Waals surface area contributed by atoms with Crippen molar-refractivity contribution in [3.63, 3.8) is 0 Å². The third-order valence-electron chi connectivity index (χ3n) is 4.30. The number of benzene rings is 2. The first-order valence-electron chi connectivity index (χ1n) is 7.40. The number of halogens is 2. The fourth-order valence-corrected chi connectivity index (χ4v) is 3.54. The van der Waals surface area contributed by atoms with Crippen LogP contribution in [0.3, 0.4) is 0 Å². The Morgan fingerprint density at radius 1 is 1.14 bits per heavy atom. The normalized spacial score (nSPS) is 15.0. The molecule has 0 bridgehead atoms. The molecule has 1 N–H and O–H groups in total. The molecule has 0 aromatic heterocycles. The minimum absolute atomic E-state index is 0.287. The van der Waals surface area contributed by atoms with Crippen molar-refractivity contribution < 1.29 is 0 Å². The van der Waals surface area contributed by atoms with Gasteiger partial charge in [-0.2, -0.15) is 0 Å². The molecule has 3 rings (SSSR count). The van der Waals surface area contributed by atoms with Crippen molar-refractivity contribution in [2.24, 2.45) is 0 Å². The summed E-state index contributed by atoms with van der Waals surface area (Å²) in [5.41, 5.74) is 5.70. The van der Waals surface area contributed by atoms with Gasteiger partial charge in [0.15, 0.2) is 0 Å². The minimum atomic E-state index is 0.287. The maximum absolute atomic E-state index is 6.22.